The van der Waals surface area contributed by atoms with Gasteiger partial charge in [0.2, 0.25) is 5.91 Å². The second-order valence-electron chi connectivity index (χ2n) is 7.69. The molecule has 2 heterocycles. The number of carbonyl (C=O) groups excluding carboxylic acids is 1. The highest BCUT2D eigenvalue weighted by Gasteiger charge is 2.31. The van der Waals surface area contributed by atoms with Crippen molar-refractivity contribution in [2.24, 2.45) is 10.9 Å². The SMILES string of the molecule is CCNC(=NCC(=O)N(C)CC(F)(F)F)NCC(c1cccs1)N1CCC(C)CC1. The Kier molecular flexibility index (Phi) is 9.41. The monoisotopic (exact) mass is 447 g/mol. The molecule has 30 heavy (non-hydrogen) atoms. The molecule has 1 amide bonds. The fraction of sp³-hybridized carbons (Fsp3) is 0.700. The van der Waals surface area contributed by atoms with E-state index in [1.54, 1.807) is 11.3 Å². The van der Waals surface area contributed by atoms with Crippen LogP contribution in [0.2, 0.25) is 0 Å². The number of amides is 1. The Morgan fingerprint density at radius 3 is 2.63 bits per heavy atom. The van der Waals surface area contributed by atoms with Gasteiger partial charge in [-0.25, -0.2) is 4.99 Å². The summed E-state index contributed by atoms with van der Waals surface area (Å²) >= 11 is 1.71. The third kappa shape index (κ3) is 8.14. The summed E-state index contributed by atoms with van der Waals surface area (Å²) in [4.78, 5) is 20.6. The maximum absolute atomic E-state index is 12.5. The number of hydrogen-bond donors (Lipinski definition) is 2. The summed E-state index contributed by atoms with van der Waals surface area (Å²) in [6, 6.07) is 4.34. The van der Waals surface area contributed by atoms with Gasteiger partial charge in [0, 0.05) is 25.0 Å². The van der Waals surface area contributed by atoms with E-state index in [0.29, 0.717) is 23.9 Å². The fourth-order valence-corrected chi connectivity index (χ4v) is 4.25. The summed E-state index contributed by atoms with van der Waals surface area (Å²) in [7, 11) is 1.13. The van der Waals surface area contributed by atoms with Crippen LogP contribution in [0, 0.1) is 5.92 Å². The Morgan fingerprint density at radius 1 is 1.37 bits per heavy atom. The minimum Gasteiger partial charge on any atom is -0.357 e. The summed E-state index contributed by atoms with van der Waals surface area (Å²) in [6.45, 7) is 5.80. The van der Waals surface area contributed by atoms with E-state index in [1.165, 1.54) is 4.88 Å². The molecule has 1 atom stereocenters. The number of piperidine rings is 1. The highest BCUT2D eigenvalue weighted by molar-refractivity contribution is 7.10. The molecule has 0 spiro atoms. The summed E-state index contributed by atoms with van der Waals surface area (Å²) < 4.78 is 37.4. The van der Waals surface area contributed by atoms with Gasteiger partial charge in [0.15, 0.2) is 5.96 Å². The van der Waals surface area contributed by atoms with Crippen molar-refractivity contribution in [3.63, 3.8) is 0 Å². The van der Waals surface area contributed by atoms with Crippen molar-refractivity contribution in [3.05, 3.63) is 22.4 Å². The quantitative estimate of drug-likeness (QED) is 0.475. The predicted molar refractivity (Wildman–Crippen MR) is 115 cm³/mol. The molecule has 1 aromatic heterocycles. The zero-order valence-corrected chi connectivity index (χ0v) is 18.7. The van der Waals surface area contributed by atoms with Gasteiger partial charge >= 0.3 is 6.18 Å². The van der Waals surface area contributed by atoms with Gasteiger partial charge in [0.05, 0.1) is 6.04 Å². The normalized spacial score (nSPS) is 17.6. The fourth-order valence-electron chi connectivity index (χ4n) is 3.39. The summed E-state index contributed by atoms with van der Waals surface area (Å²) in [5.74, 6) is 0.485. The van der Waals surface area contributed by atoms with Crippen molar-refractivity contribution in [1.82, 2.24) is 20.4 Å². The van der Waals surface area contributed by atoms with Crippen LogP contribution in [-0.4, -0.2) is 74.2 Å². The number of rotatable bonds is 8. The molecule has 0 aliphatic carbocycles. The van der Waals surface area contributed by atoms with Crippen LogP contribution in [-0.2, 0) is 4.79 Å². The van der Waals surface area contributed by atoms with Crippen LogP contribution < -0.4 is 10.6 Å². The number of guanidine groups is 1. The highest BCUT2D eigenvalue weighted by atomic mass is 32.1. The maximum Gasteiger partial charge on any atom is 0.406 e. The molecule has 170 valence electrons. The van der Waals surface area contributed by atoms with Gasteiger partial charge < -0.3 is 15.5 Å². The average Bonchev–Trinajstić information content (AvgIpc) is 3.20. The summed E-state index contributed by atoms with van der Waals surface area (Å²) in [5.41, 5.74) is 0. The number of likely N-dealkylation sites (N-methyl/N-ethyl adjacent to an activating group) is 1. The second kappa shape index (κ2) is 11.5. The number of likely N-dealkylation sites (tertiary alicyclic amines) is 1. The largest absolute Gasteiger partial charge is 0.406 e. The minimum atomic E-state index is -4.42. The Balaban J connectivity index is 1.99. The van der Waals surface area contributed by atoms with E-state index in [0.717, 1.165) is 38.9 Å². The van der Waals surface area contributed by atoms with Crippen LogP contribution in [0.25, 0.3) is 0 Å². The molecule has 0 bridgehead atoms. The van der Waals surface area contributed by atoms with E-state index < -0.39 is 18.6 Å². The molecule has 0 aromatic carbocycles. The molecule has 1 fully saturated rings. The number of alkyl halides is 3. The average molecular weight is 448 g/mol. The van der Waals surface area contributed by atoms with Crippen LogP contribution in [0.1, 0.15) is 37.6 Å². The third-order valence-electron chi connectivity index (χ3n) is 5.15. The van der Waals surface area contributed by atoms with Crippen LogP contribution in [0.4, 0.5) is 13.2 Å². The lowest BCUT2D eigenvalue weighted by molar-refractivity contribution is -0.157. The number of hydrogen-bond acceptors (Lipinski definition) is 4. The van der Waals surface area contributed by atoms with Crippen molar-refractivity contribution < 1.29 is 18.0 Å². The molecule has 0 saturated carbocycles. The first-order chi connectivity index (χ1) is 14.2. The van der Waals surface area contributed by atoms with E-state index in [1.807, 2.05) is 13.0 Å². The Morgan fingerprint density at radius 2 is 2.07 bits per heavy atom. The molecule has 1 aliphatic rings. The number of halogens is 3. The van der Waals surface area contributed by atoms with Gasteiger partial charge in [-0.15, -0.1) is 11.3 Å². The number of carbonyl (C=O) groups is 1. The minimum absolute atomic E-state index is 0.185. The number of aliphatic imine (C=N–C) groups is 1. The maximum atomic E-state index is 12.5. The van der Waals surface area contributed by atoms with Crippen molar-refractivity contribution >= 4 is 23.2 Å². The van der Waals surface area contributed by atoms with Gasteiger partial charge in [0.1, 0.15) is 13.1 Å². The number of nitrogens with one attached hydrogen (secondary N) is 2. The lowest BCUT2D eigenvalue weighted by Gasteiger charge is -2.36. The zero-order chi connectivity index (χ0) is 22.1. The lowest BCUT2D eigenvalue weighted by atomic mass is 9.97. The van der Waals surface area contributed by atoms with Crippen LogP contribution >= 0.6 is 11.3 Å². The van der Waals surface area contributed by atoms with E-state index in [2.05, 4.69) is 38.9 Å². The smallest absolute Gasteiger partial charge is 0.357 e. The van der Waals surface area contributed by atoms with Gasteiger partial charge in [-0.1, -0.05) is 13.0 Å². The molecule has 1 aromatic rings. The first-order valence-corrected chi connectivity index (χ1v) is 11.2. The van der Waals surface area contributed by atoms with E-state index in [4.69, 9.17) is 0 Å². The molecular weight excluding hydrogens is 415 g/mol. The van der Waals surface area contributed by atoms with E-state index >= 15 is 0 Å². The van der Waals surface area contributed by atoms with Gasteiger partial charge in [-0.3, -0.25) is 9.69 Å². The topological polar surface area (TPSA) is 60.0 Å². The van der Waals surface area contributed by atoms with Crippen LogP contribution in [0.15, 0.2) is 22.5 Å². The van der Waals surface area contributed by atoms with Gasteiger partial charge in [-0.05, 0) is 50.2 Å². The first-order valence-electron chi connectivity index (χ1n) is 10.3. The predicted octanol–water partition coefficient (Wildman–Crippen LogP) is 3.10. The molecular formula is C20H32F3N5OS. The standard InChI is InChI=1S/C20H32F3N5OS/c1-4-24-19(26-13-18(29)27(3)14-20(21,22)23)25-12-16(17-6-5-11-30-17)28-9-7-15(2)8-10-28/h5-6,11,15-16H,4,7-10,12-14H2,1-3H3,(H2,24,25,26). The number of nitrogens with zero attached hydrogens (tertiary/aromatic N) is 3. The van der Waals surface area contributed by atoms with Gasteiger partial charge in [0.25, 0.3) is 0 Å². The van der Waals surface area contributed by atoms with E-state index in [-0.39, 0.29) is 12.6 Å². The van der Waals surface area contributed by atoms with Gasteiger partial charge in [-0.2, -0.15) is 13.2 Å². The molecule has 2 N–H and O–H groups in total. The van der Waals surface area contributed by atoms with Crippen molar-refractivity contribution in [2.45, 2.75) is 38.9 Å². The Bertz CT molecular complexity index is 672. The van der Waals surface area contributed by atoms with Crippen molar-refractivity contribution in [2.75, 3.05) is 46.3 Å². The van der Waals surface area contributed by atoms with Crippen molar-refractivity contribution in [3.8, 4) is 0 Å². The zero-order valence-electron chi connectivity index (χ0n) is 17.8. The first kappa shape index (κ1) is 24.5. The molecule has 6 nitrogen and oxygen atoms in total. The number of thiophene rings is 1. The molecule has 10 heteroatoms. The summed E-state index contributed by atoms with van der Waals surface area (Å²) in [6.07, 6.45) is -2.09. The van der Waals surface area contributed by atoms with Crippen LogP contribution in [0.5, 0.6) is 0 Å². The van der Waals surface area contributed by atoms with E-state index in [9.17, 15) is 18.0 Å². The highest BCUT2D eigenvalue weighted by Crippen LogP contribution is 2.29. The molecule has 1 unspecified atom stereocenters. The third-order valence-corrected chi connectivity index (χ3v) is 6.13. The van der Waals surface area contributed by atoms with Crippen molar-refractivity contribution in [1.29, 1.82) is 0 Å². The van der Waals surface area contributed by atoms with Crippen LogP contribution in [0.3, 0.4) is 0 Å². The Labute approximate surface area is 180 Å². The second-order valence-corrected chi connectivity index (χ2v) is 8.67. The molecule has 1 aliphatic heterocycles. The molecule has 1 saturated heterocycles. The summed E-state index contributed by atoms with van der Waals surface area (Å²) in [5, 5.41) is 8.40. The molecule has 2 rings (SSSR count). The lowest BCUT2D eigenvalue weighted by Crippen LogP contribution is -2.45. The molecule has 0 radical (unpaired) electrons. The Hall–Kier alpha value is -1.81.